The molecule has 0 radical (unpaired) electrons. The zero-order chi connectivity index (χ0) is 22.5. The Bertz CT molecular complexity index is 1080. The third kappa shape index (κ3) is 5.79. The first kappa shape index (κ1) is 23.6. The maximum Gasteiger partial charge on any atom is 0.305 e. The summed E-state index contributed by atoms with van der Waals surface area (Å²) in [6.07, 6.45) is 1.52. The van der Waals surface area contributed by atoms with Crippen molar-refractivity contribution in [3.63, 3.8) is 0 Å². The molecule has 0 bridgehead atoms. The average Bonchev–Trinajstić information content (AvgIpc) is 2.98. The highest BCUT2D eigenvalue weighted by Crippen LogP contribution is 2.39. The average molecular weight is 543 g/mol. The van der Waals surface area contributed by atoms with Crippen molar-refractivity contribution >= 4 is 73.8 Å². The van der Waals surface area contributed by atoms with Crippen LogP contribution in [0.15, 0.2) is 45.8 Å². The summed E-state index contributed by atoms with van der Waals surface area (Å²) in [5, 5.41) is 9.46. The number of benzene rings is 2. The molecule has 1 N–H and O–H groups in total. The van der Waals surface area contributed by atoms with Gasteiger partial charge in [-0.3, -0.25) is 14.5 Å². The molecule has 2 aromatic carbocycles. The van der Waals surface area contributed by atoms with Crippen LogP contribution in [0.3, 0.4) is 0 Å². The molecule has 0 atom stereocenters. The van der Waals surface area contributed by atoms with Crippen LogP contribution >= 0.6 is 51.5 Å². The monoisotopic (exact) mass is 541 g/mol. The number of aliphatic carboxylic acids is 1. The van der Waals surface area contributed by atoms with Crippen LogP contribution in [0.2, 0.25) is 5.02 Å². The van der Waals surface area contributed by atoms with Gasteiger partial charge in [0.25, 0.3) is 5.91 Å². The topological polar surface area (TPSA) is 76.1 Å². The molecule has 0 unspecified atom stereocenters. The predicted octanol–water partition coefficient (Wildman–Crippen LogP) is 5.37. The number of carboxylic acid groups (broad SMARTS) is 1. The van der Waals surface area contributed by atoms with E-state index in [4.69, 9.17) is 38.4 Å². The van der Waals surface area contributed by atoms with Crippen molar-refractivity contribution in [1.82, 2.24) is 4.90 Å². The van der Waals surface area contributed by atoms with E-state index in [1.165, 1.54) is 12.0 Å². The molecule has 1 saturated heterocycles. The van der Waals surface area contributed by atoms with Gasteiger partial charge in [0.1, 0.15) is 10.9 Å². The van der Waals surface area contributed by atoms with E-state index in [1.54, 1.807) is 24.3 Å². The van der Waals surface area contributed by atoms with Gasteiger partial charge in [-0.2, -0.15) is 0 Å². The fourth-order valence-electron chi connectivity index (χ4n) is 2.78. The van der Waals surface area contributed by atoms with Gasteiger partial charge in [0, 0.05) is 17.1 Å². The van der Waals surface area contributed by atoms with Crippen LogP contribution in [0.4, 0.5) is 0 Å². The minimum atomic E-state index is -0.987. The minimum Gasteiger partial charge on any atom is -0.493 e. The number of carbonyl (C=O) groups excluding carboxylic acids is 1. The van der Waals surface area contributed by atoms with Crippen molar-refractivity contribution in [3.8, 4) is 11.5 Å². The Morgan fingerprint density at radius 2 is 2.10 bits per heavy atom. The van der Waals surface area contributed by atoms with E-state index in [9.17, 15) is 9.59 Å². The van der Waals surface area contributed by atoms with Crippen LogP contribution in [-0.4, -0.2) is 39.9 Å². The van der Waals surface area contributed by atoms with Crippen LogP contribution in [0.1, 0.15) is 17.5 Å². The summed E-state index contributed by atoms with van der Waals surface area (Å²) in [4.78, 5) is 25.1. The molecule has 0 aromatic heterocycles. The molecule has 0 aliphatic carbocycles. The summed E-state index contributed by atoms with van der Waals surface area (Å²) in [5.41, 5.74) is 1.54. The zero-order valence-electron chi connectivity index (χ0n) is 16.3. The molecule has 0 spiro atoms. The first-order chi connectivity index (χ1) is 14.8. The Labute approximate surface area is 202 Å². The van der Waals surface area contributed by atoms with Crippen molar-refractivity contribution in [2.45, 2.75) is 13.0 Å². The van der Waals surface area contributed by atoms with E-state index in [-0.39, 0.29) is 25.5 Å². The number of nitrogens with zero attached hydrogens (tertiary/aromatic N) is 1. The van der Waals surface area contributed by atoms with E-state index in [0.29, 0.717) is 35.8 Å². The third-order valence-electron chi connectivity index (χ3n) is 4.30. The smallest absolute Gasteiger partial charge is 0.305 e. The lowest BCUT2D eigenvalue weighted by Gasteiger charge is -2.14. The summed E-state index contributed by atoms with van der Waals surface area (Å²) < 4.78 is 12.4. The molecule has 10 heteroatoms. The van der Waals surface area contributed by atoms with Gasteiger partial charge in [-0.15, -0.1) is 0 Å². The highest BCUT2D eigenvalue weighted by atomic mass is 79.9. The first-order valence-electron chi connectivity index (χ1n) is 9.01. The molecule has 1 amide bonds. The van der Waals surface area contributed by atoms with Crippen LogP contribution in [0.5, 0.6) is 11.5 Å². The second-order valence-corrected chi connectivity index (χ2v) is 9.33. The lowest BCUT2D eigenvalue weighted by molar-refractivity contribution is -0.137. The number of thiocarbonyl (C=S) groups is 1. The van der Waals surface area contributed by atoms with Gasteiger partial charge < -0.3 is 14.6 Å². The SMILES string of the molecule is COc1cc(C=C2SC(=S)N(CCC(=O)O)C2=O)cc(Br)c1OCc1ccccc1Cl. The molecule has 2 aromatic rings. The standard InChI is InChI=1S/C21H17BrClNO5S2/c1-28-16-9-12(10-17-20(27)24(21(30)31-17)7-6-18(25)26)8-14(22)19(16)29-11-13-4-2-3-5-15(13)23/h2-5,8-10H,6-7,11H2,1H3,(H,25,26). The minimum absolute atomic E-state index is 0.0409. The molecule has 31 heavy (non-hydrogen) atoms. The molecule has 0 saturated carbocycles. The molecule has 1 fully saturated rings. The number of carbonyl (C=O) groups is 2. The Kier molecular flexibility index (Phi) is 7.99. The summed E-state index contributed by atoms with van der Waals surface area (Å²) in [6, 6.07) is 10.9. The molecule has 1 heterocycles. The van der Waals surface area contributed by atoms with Crippen LogP contribution in [0, 0.1) is 0 Å². The van der Waals surface area contributed by atoms with E-state index in [0.717, 1.165) is 17.3 Å². The highest BCUT2D eigenvalue weighted by Gasteiger charge is 2.32. The quantitative estimate of drug-likeness (QED) is 0.355. The lowest BCUT2D eigenvalue weighted by Crippen LogP contribution is -2.30. The number of halogens is 2. The molecule has 3 rings (SSSR count). The van der Waals surface area contributed by atoms with Crippen molar-refractivity contribution in [3.05, 3.63) is 61.9 Å². The summed E-state index contributed by atoms with van der Waals surface area (Å²) >= 11 is 16.0. The van der Waals surface area contributed by atoms with Crippen molar-refractivity contribution in [2.24, 2.45) is 0 Å². The predicted molar refractivity (Wildman–Crippen MR) is 129 cm³/mol. The van der Waals surface area contributed by atoms with Gasteiger partial charge in [-0.25, -0.2) is 0 Å². The number of rotatable bonds is 8. The van der Waals surface area contributed by atoms with Crippen LogP contribution in [-0.2, 0) is 16.2 Å². The van der Waals surface area contributed by atoms with Gasteiger partial charge in [0.05, 0.1) is 22.9 Å². The molecule has 162 valence electrons. The normalized spacial score (nSPS) is 14.9. The maximum absolute atomic E-state index is 12.6. The summed E-state index contributed by atoms with van der Waals surface area (Å²) in [6.45, 7) is 0.301. The number of hydrogen-bond acceptors (Lipinski definition) is 6. The Morgan fingerprint density at radius 3 is 2.77 bits per heavy atom. The molecule has 1 aliphatic rings. The van der Waals surface area contributed by atoms with Crippen LogP contribution < -0.4 is 9.47 Å². The van der Waals surface area contributed by atoms with Crippen LogP contribution in [0.25, 0.3) is 6.08 Å². The Hall–Kier alpha value is -2.07. The number of hydrogen-bond donors (Lipinski definition) is 1. The Morgan fingerprint density at radius 1 is 1.35 bits per heavy atom. The van der Waals surface area contributed by atoms with Gasteiger partial charge in [0.15, 0.2) is 11.5 Å². The van der Waals surface area contributed by atoms with E-state index >= 15 is 0 Å². The Balaban J connectivity index is 1.81. The lowest BCUT2D eigenvalue weighted by atomic mass is 10.1. The fraction of sp³-hybridized carbons (Fsp3) is 0.190. The van der Waals surface area contributed by atoms with Gasteiger partial charge in [0.2, 0.25) is 0 Å². The first-order valence-corrected chi connectivity index (χ1v) is 11.4. The van der Waals surface area contributed by atoms with Crippen molar-refractivity contribution in [1.29, 1.82) is 0 Å². The van der Waals surface area contributed by atoms with E-state index in [1.807, 2.05) is 18.2 Å². The number of ether oxygens (including phenoxy) is 2. The fourth-order valence-corrected chi connectivity index (χ4v) is 4.85. The summed E-state index contributed by atoms with van der Waals surface area (Å²) in [5.74, 6) is -0.313. The second kappa shape index (κ2) is 10.5. The third-order valence-corrected chi connectivity index (χ3v) is 6.64. The number of thioether (sulfide) groups is 1. The highest BCUT2D eigenvalue weighted by molar-refractivity contribution is 9.10. The number of methoxy groups -OCH3 is 1. The van der Waals surface area contributed by atoms with Gasteiger partial charge >= 0.3 is 5.97 Å². The molecule has 1 aliphatic heterocycles. The summed E-state index contributed by atoms with van der Waals surface area (Å²) in [7, 11) is 1.53. The van der Waals surface area contributed by atoms with E-state index in [2.05, 4.69) is 15.9 Å². The molecular weight excluding hydrogens is 526 g/mol. The number of carboxylic acids is 1. The number of amides is 1. The van der Waals surface area contributed by atoms with Crippen molar-refractivity contribution < 1.29 is 24.2 Å². The molecule has 6 nitrogen and oxygen atoms in total. The molecular formula is C21H17BrClNO5S2. The van der Waals surface area contributed by atoms with Gasteiger partial charge in [-0.05, 0) is 45.8 Å². The van der Waals surface area contributed by atoms with E-state index < -0.39 is 5.97 Å². The van der Waals surface area contributed by atoms with Gasteiger partial charge in [-0.1, -0.05) is 53.8 Å². The zero-order valence-corrected chi connectivity index (χ0v) is 20.2. The maximum atomic E-state index is 12.6. The second-order valence-electron chi connectivity index (χ2n) is 6.39. The largest absolute Gasteiger partial charge is 0.493 e. The van der Waals surface area contributed by atoms with Crippen molar-refractivity contribution in [2.75, 3.05) is 13.7 Å².